The van der Waals surface area contributed by atoms with Crippen LogP contribution < -0.4 is 4.31 Å². The Hall–Kier alpha value is -2.29. The minimum absolute atomic E-state index is 0.0224. The Labute approximate surface area is 179 Å². The molecule has 1 aromatic heterocycles. The molecule has 4 rings (SSSR count). The first-order valence-electron chi connectivity index (χ1n) is 9.74. The van der Waals surface area contributed by atoms with E-state index in [0.29, 0.717) is 18.5 Å². The van der Waals surface area contributed by atoms with Gasteiger partial charge in [-0.15, -0.1) is 11.3 Å². The number of nitrogens with zero attached hydrogens (tertiary/aromatic N) is 2. The minimum atomic E-state index is -3.92. The Balaban J connectivity index is 1.60. The summed E-state index contributed by atoms with van der Waals surface area (Å²) in [5.74, 6) is -0.923. The first kappa shape index (κ1) is 21.0. The van der Waals surface area contributed by atoms with Gasteiger partial charge >= 0.3 is 0 Å². The number of anilines is 1. The van der Waals surface area contributed by atoms with Crippen molar-refractivity contribution in [3.8, 4) is 0 Å². The Morgan fingerprint density at radius 2 is 1.53 bits per heavy atom. The van der Waals surface area contributed by atoms with Crippen LogP contribution in [0.2, 0.25) is 0 Å². The molecule has 0 aliphatic carbocycles. The molecule has 0 radical (unpaired) electrons. The van der Waals surface area contributed by atoms with E-state index in [0.717, 1.165) is 31.8 Å². The lowest BCUT2D eigenvalue weighted by Gasteiger charge is -2.39. The van der Waals surface area contributed by atoms with Crippen LogP contribution in [0.15, 0.2) is 70.9 Å². The highest BCUT2D eigenvalue weighted by molar-refractivity contribution is 7.92. The normalized spacial score (nSPS) is 15.9. The van der Waals surface area contributed by atoms with Crippen LogP contribution in [0, 0.1) is 11.6 Å². The maximum Gasteiger partial charge on any atom is 0.264 e. The van der Waals surface area contributed by atoms with Crippen molar-refractivity contribution in [3.05, 3.63) is 82.6 Å². The summed E-state index contributed by atoms with van der Waals surface area (Å²) in [6.45, 7) is 2.38. The molecule has 0 saturated carbocycles. The van der Waals surface area contributed by atoms with Gasteiger partial charge in [-0.2, -0.15) is 0 Å². The lowest BCUT2D eigenvalue weighted by Crippen LogP contribution is -2.47. The van der Waals surface area contributed by atoms with Crippen LogP contribution in [0.4, 0.5) is 14.5 Å². The van der Waals surface area contributed by atoms with Gasteiger partial charge in [0, 0.05) is 30.6 Å². The average Bonchev–Trinajstić information content (AvgIpc) is 3.24. The van der Waals surface area contributed by atoms with Crippen LogP contribution in [-0.2, 0) is 16.6 Å². The predicted molar refractivity (Wildman–Crippen MR) is 115 cm³/mol. The van der Waals surface area contributed by atoms with Crippen LogP contribution in [0.3, 0.4) is 0 Å². The SMILES string of the molecule is O=S(=O)(c1ccc(F)cc1)N(c1ccc(F)cc1)C1CCN(Cc2cccs2)CC1. The third-order valence-electron chi connectivity index (χ3n) is 5.30. The van der Waals surface area contributed by atoms with Crippen molar-refractivity contribution in [1.82, 2.24) is 4.90 Å². The molecule has 1 aliphatic rings. The Kier molecular flexibility index (Phi) is 6.17. The lowest BCUT2D eigenvalue weighted by atomic mass is 10.0. The monoisotopic (exact) mass is 448 g/mol. The second-order valence-electron chi connectivity index (χ2n) is 7.32. The quantitative estimate of drug-likeness (QED) is 0.539. The number of thiophene rings is 1. The smallest absolute Gasteiger partial charge is 0.264 e. The summed E-state index contributed by atoms with van der Waals surface area (Å²) in [6.07, 6.45) is 1.31. The molecule has 0 spiro atoms. The van der Waals surface area contributed by atoms with Gasteiger partial charge in [-0.3, -0.25) is 9.21 Å². The van der Waals surface area contributed by atoms with Gasteiger partial charge in [-0.1, -0.05) is 6.07 Å². The van der Waals surface area contributed by atoms with E-state index in [2.05, 4.69) is 11.0 Å². The molecule has 30 heavy (non-hydrogen) atoms. The van der Waals surface area contributed by atoms with E-state index < -0.39 is 21.7 Å². The van der Waals surface area contributed by atoms with Gasteiger partial charge in [0.25, 0.3) is 10.0 Å². The van der Waals surface area contributed by atoms with Crippen LogP contribution >= 0.6 is 11.3 Å². The maximum absolute atomic E-state index is 13.5. The van der Waals surface area contributed by atoms with Crippen LogP contribution in [0.5, 0.6) is 0 Å². The summed E-state index contributed by atoms with van der Waals surface area (Å²) >= 11 is 1.71. The third-order valence-corrected chi connectivity index (χ3v) is 8.06. The molecule has 2 aromatic carbocycles. The highest BCUT2D eigenvalue weighted by atomic mass is 32.2. The third kappa shape index (κ3) is 4.55. The van der Waals surface area contributed by atoms with Crippen molar-refractivity contribution in [2.45, 2.75) is 30.3 Å². The molecule has 158 valence electrons. The highest BCUT2D eigenvalue weighted by Crippen LogP contribution is 2.31. The van der Waals surface area contributed by atoms with E-state index in [1.165, 1.54) is 45.6 Å². The second kappa shape index (κ2) is 8.83. The zero-order chi connectivity index (χ0) is 21.1. The summed E-state index contributed by atoms with van der Waals surface area (Å²) in [7, 11) is -3.92. The number of hydrogen-bond donors (Lipinski definition) is 0. The van der Waals surface area contributed by atoms with Gasteiger partial charge < -0.3 is 0 Å². The van der Waals surface area contributed by atoms with E-state index in [4.69, 9.17) is 0 Å². The summed E-state index contributed by atoms with van der Waals surface area (Å²) < 4.78 is 55.1. The molecular formula is C22H22F2N2O2S2. The average molecular weight is 449 g/mol. The Morgan fingerprint density at radius 1 is 0.933 bits per heavy atom. The standard InChI is InChI=1S/C22H22F2N2O2S2/c23-17-3-7-19(8-4-17)26(30(27,28)22-9-5-18(24)6-10-22)20-11-13-25(14-12-20)16-21-2-1-15-29-21/h1-10,15,20H,11-14,16H2. The molecular weight excluding hydrogens is 426 g/mol. The largest absolute Gasteiger partial charge is 0.298 e. The summed E-state index contributed by atoms with van der Waals surface area (Å²) in [5.41, 5.74) is 0.414. The molecule has 4 nitrogen and oxygen atoms in total. The summed E-state index contributed by atoms with van der Waals surface area (Å²) in [4.78, 5) is 3.62. The van der Waals surface area contributed by atoms with Crippen LogP contribution in [0.25, 0.3) is 0 Å². The Morgan fingerprint density at radius 3 is 2.10 bits per heavy atom. The maximum atomic E-state index is 13.5. The number of hydrogen-bond acceptors (Lipinski definition) is 4. The highest BCUT2D eigenvalue weighted by Gasteiger charge is 2.34. The summed E-state index contributed by atoms with van der Waals surface area (Å²) in [6, 6.07) is 14.2. The molecule has 8 heteroatoms. The van der Waals surface area contributed by atoms with Gasteiger partial charge in [0.1, 0.15) is 11.6 Å². The zero-order valence-electron chi connectivity index (χ0n) is 16.2. The molecule has 1 saturated heterocycles. The number of sulfonamides is 1. The number of rotatable bonds is 6. The molecule has 2 heterocycles. The number of likely N-dealkylation sites (tertiary alicyclic amines) is 1. The molecule has 0 amide bonds. The molecule has 0 N–H and O–H groups in total. The van der Waals surface area contributed by atoms with E-state index in [9.17, 15) is 17.2 Å². The zero-order valence-corrected chi connectivity index (χ0v) is 17.9. The van der Waals surface area contributed by atoms with E-state index in [1.807, 2.05) is 11.4 Å². The second-order valence-corrected chi connectivity index (χ2v) is 10.2. The first-order valence-corrected chi connectivity index (χ1v) is 12.1. The topological polar surface area (TPSA) is 40.6 Å². The van der Waals surface area contributed by atoms with Gasteiger partial charge in [0.2, 0.25) is 0 Å². The predicted octanol–water partition coefficient (Wildman–Crippen LogP) is 4.89. The van der Waals surface area contributed by atoms with Gasteiger partial charge in [-0.25, -0.2) is 17.2 Å². The fraction of sp³-hybridized carbons (Fsp3) is 0.273. The van der Waals surface area contributed by atoms with Gasteiger partial charge in [-0.05, 0) is 72.8 Å². The molecule has 1 aliphatic heterocycles. The fourth-order valence-electron chi connectivity index (χ4n) is 3.79. The Bertz CT molecular complexity index is 1060. The minimum Gasteiger partial charge on any atom is -0.298 e. The van der Waals surface area contributed by atoms with Crippen molar-refractivity contribution in [2.24, 2.45) is 0 Å². The lowest BCUT2D eigenvalue weighted by molar-refractivity contribution is 0.208. The van der Waals surface area contributed by atoms with Crippen LogP contribution in [0.1, 0.15) is 17.7 Å². The van der Waals surface area contributed by atoms with E-state index in [-0.39, 0.29) is 10.9 Å². The fourth-order valence-corrected chi connectivity index (χ4v) is 6.24. The van der Waals surface area contributed by atoms with Crippen LogP contribution in [-0.4, -0.2) is 32.4 Å². The number of piperidine rings is 1. The van der Waals surface area contributed by atoms with E-state index >= 15 is 0 Å². The molecule has 0 atom stereocenters. The van der Waals surface area contributed by atoms with Crippen molar-refractivity contribution >= 4 is 27.0 Å². The molecule has 0 bridgehead atoms. The van der Waals surface area contributed by atoms with Gasteiger partial charge in [0.05, 0.1) is 10.6 Å². The number of halogens is 2. The summed E-state index contributed by atoms with van der Waals surface area (Å²) in [5, 5.41) is 2.05. The molecule has 3 aromatic rings. The van der Waals surface area contributed by atoms with Gasteiger partial charge in [0.15, 0.2) is 0 Å². The first-order chi connectivity index (χ1) is 14.4. The van der Waals surface area contributed by atoms with E-state index in [1.54, 1.807) is 11.3 Å². The van der Waals surface area contributed by atoms with Crippen molar-refractivity contribution in [1.29, 1.82) is 0 Å². The van der Waals surface area contributed by atoms with Crippen molar-refractivity contribution in [3.63, 3.8) is 0 Å². The molecule has 0 unspecified atom stereocenters. The number of benzene rings is 2. The van der Waals surface area contributed by atoms with Crippen molar-refractivity contribution in [2.75, 3.05) is 17.4 Å². The molecule has 1 fully saturated rings. The van der Waals surface area contributed by atoms with Crippen molar-refractivity contribution < 1.29 is 17.2 Å².